The van der Waals surface area contributed by atoms with Gasteiger partial charge in [-0.2, -0.15) is 0 Å². The molecular weight excluding hydrogens is 248 g/mol. The van der Waals surface area contributed by atoms with Crippen molar-refractivity contribution in [2.24, 2.45) is 5.73 Å². The Bertz CT molecular complexity index is 561. The van der Waals surface area contributed by atoms with Gasteiger partial charge in [-0.15, -0.1) is 0 Å². The highest BCUT2D eigenvalue weighted by atomic mass is 16.5. The summed E-state index contributed by atoms with van der Waals surface area (Å²) in [5.74, 6) is -0.308. The molecule has 98 valence electrons. The number of ether oxygens (including phenoxy) is 1. The lowest BCUT2D eigenvalue weighted by Crippen LogP contribution is -2.20. The van der Waals surface area contributed by atoms with Crippen molar-refractivity contribution in [3.63, 3.8) is 0 Å². The topological polar surface area (TPSA) is 94.6 Å². The molecule has 0 fully saturated rings. The van der Waals surface area contributed by atoms with E-state index in [1.165, 1.54) is 12.5 Å². The molecule has 6 nitrogen and oxygen atoms in total. The number of furan rings is 1. The first-order valence-electron chi connectivity index (χ1n) is 5.50. The van der Waals surface area contributed by atoms with Crippen LogP contribution in [0, 0.1) is 0 Å². The van der Waals surface area contributed by atoms with E-state index in [1.54, 1.807) is 30.3 Å². The number of carbonyl (C=O) groups is 2. The molecule has 6 heteroatoms. The lowest BCUT2D eigenvalue weighted by atomic mass is 10.2. The van der Waals surface area contributed by atoms with E-state index in [1.807, 2.05) is 0 Å². The van der Waals surface area contributed by atoms with E-state index in [0.29, 0.717) is 17.0 Å². The minimum Gasteiger partial charge on any atom is -0.484 e. The molecule has 0 unspecified atom stereocenters. The standard InChI is InChI=1S/C13H12N2O4/c14-12(16)8-19-11-3-1-10(2-4-11)15-13(17)9-5-6-18-7-9/h1-7H,8H2,(H2,14,16)(H,15,17). The third kappa shape index (κ3) is 3.60. The van der Waals surface area contributed by atoms with Gasteiger partial charge in [-0.1, -0.05) is 0 Å². The van der Waals surface area contributed by atoms with Crippen LogP contribution in [-0.2, 0) is 4.79 Å². The number of carbonyl (C=O) groups excluding carboxylic acids is 2. The molecule has 3 N–H and O–H groups in total. The second kappa shape index (κ2) is 5.72. The number of nitrogens with one attached hydrogen (secondary N) is 1. The van der Waals surface area contributed by atoms with Crippen LogP contribution in [0.15, 0.2) is 47.3 Å². The van der Waals surface area contributed by atoms with Gasteiger partial charge in [0.05, 0.1) is 11.8 Å². The fourth-order valence-corrected chi connectivity index (χ4v) is 1.39. The first-order chi connectivity index (χ1) is 9.15. The molecule has 0 aliphatic carbocycles. The number of hydrogen-bond donors (Lipinski definition) is 2. The highest BCUT2D eigenvalue weighted by Gasteiger charge is 2.07. The number of anilines is 1. The molecule has 19 heavy (non-hydrogen) atoms. The predicted octanol–water partition coefficient (Wildman–Crippen LogP) is 1.40. The Labute approximate surface area is 109 Å². The van der Waals surface area contributed by atoms with E-state index in [4.69, 9.17) is 14.9 Å². The summed E-state index contributed by atoms with van der Waals surface area (Å²) in [6, 6.07) is 8.16. The first kappa shape index (κ1) is 12.7. The summed E-state index contributed by atoms with van der Waals surface area (Å²) in [4.78, 5) is 22.3. The van der Waals surface area contributed by atoms with E-state index in [9.17, 15) is 9.59 Å². The minimum atomic E-state index is -0.544. The smallest absolute Gasteiger partial charge is 0.258 e. The van der Waals surface area contributed by atoms with Crippen LogP contribution in [0.3, 0.4) is 0 Å². The third-order valence-corrected chi connectivity index (χ3v) is 2.28. The average molecular weight is 260 g/mol. The Kier molecular flexibility index (Phi) is 3.82. The summed E-state index contributed by atoms with van der Waals surface area (Å²) in [5, 5.41) is 2.69. The highest BCUT2D eigenvalue weighted by Crippen LogP contribution is 2.16. The Morgan fingerprint density at radius 1 is 1.21 bits per heavy atom. The van der Waals surface area contributed by atoms with Gasteiger partial charge in [0.15, 0.2) is 6.61 Å². The first-order valence-corrected chi connectivity index (χ1v) is 5.50. The molecule has 0 spiro atoms. The number of hydrogen-bond acceptors (Lipinski definition) is 4. The fraction of sp³-hybridized carbons (Fsp3) is 0.0769. The van der Waals surface area contributed by atoms with E-state index < -0.39 is 5.91 Å². The lowest BCUT2D eigenvalue weighted by Gasteiger charge is -2.06. The van der Waals surface area contributed by atoms with Gasteiger partial charge in [-0.3, -0.25) is 9.59 Å². The maximum atomic E-state index is 11.7. The molecule has 0 saturated heterocycles. The molecule has 0 bridgehead atoms. The zero-order valence-electron chi connectivity index (χ0n) is 9.96. The number of benzene rings is 1. The second-order valence-electron chi connectivity index (χ2n) is 3.75. The van der Waals surface area contributed by atoms with Crippen LogP contribution in [0.2, 0.25) is 0 Å². The predicted molar refractivity (Wildman–Crippen MR) is 67.8 cm³/mol. The van der Waals surface area contributed by atoms with Gasteiger partial charge >= 0.3 is 0 Å². The van der Waals surface area contributed by atoms with Crippen LogP contribution in [0.1, 0.15) is 10.4 Å². The molecule has 1 heterocycles. The van der Waals surface area contributed by atoms with Gasteiger partial charge in [-0.05, 0) is 30.3 Å². The fourth-order valence-electron chi connectivity index (χ4n) is 1.39. The second-order valence-corrected chi connectivity index (χ2v) is 3.75. The lowest BCUT2D eigenvalue weighted by molar-refractivity contribution is -0.119. The van der Waals surface area contributed by atoms with Gasteiger partial charge in [0, 0.05) is 5.69 Å². The molecule has 1 aromatic carbocycles. The highest BCUT2D eigenvalue weighted by molar-refractivity contribution is 6.03. The Hall–Kier alpha value is -2.76. The number of rotatable bonds is 5. The van der Waals surface area contributed by atoms with Crippen LogP contribution in [0.5, 0.6) is 5.75 Å². The summed E-state index contributed by atoms with van der Waals surface area (Å²) >= 11 is 0. The van der Waals surface area contributed by atoms with Crippen LogP contribution in [0.25, 0.3) is 0 Å². The Morgan fingerprint density at radius 2 is 1.95 bits per heavy atom. The SMILES string of the molecule is NC(=O)COc1ccc(NC(=O)c2ccoc2)cc1. The van der Waals surface area contributed by atoms with Gasteiger partial charge in [0.1, 0.15) is 12.0 Å². The minimum absolute atomic E-state index is 0.180. The van der Waals surface area contributed by atoms with Crippen LogP contribution in [-0.4, -0.2) is 18.4 Å². The summed E-state index contributed by atoms with van der Waals surface area (Å²) in [7, 11) is 0. The summed E-state index contributed by atoms with van der Waals surface area (Å²) in [5.41, 5.74) is 6.01. The van der Waals surface area contributed by atoms with E-state index >= 15 is 0 Å². The molecule has 2 aromatic rings. The molecule has 2 rings (SSSR count). The largest absolute Gasteiger partial charge is 0.484 e. The maximum absolute atomic E-state index is 11.7. The van der Waals surface area contributed by atoms with Crippen molar-refractivity contribution in [2.45, 2.75) is 0 Å². The quantitative estimate of drug-likeness (QED) is 0.849. The normalized spacial score (nSPS) is 9.89. The van der Waals surface area contributed by atoms with Gasteiger partial charge in [0.2, 0.25) is 0 Å². The van der Waals surface area contributed by atoms with Crippen molar-refractivity contribution in [2.75, 3.05) is 11.9 Å². The van der Waals surface area contributed by atoms with Gasteiger partial charge < -0.3 is 20.2 Å². The monoisotopic (exact) mass is 260 g/mol. The van der Waals surface area contributed by atoms with Crippen molar-refractivity contribution in [3.05, 3.63) is 48.4 Å². The van der Waals surface area contributed by atoms with E-state index in [2.05, 4.69) is 5.32 Å². The van der Waals surface area contributed by atoms with Crippen LogP contribution in [0.4, 0.5) is 5.69 Å². The summed E-state index contributed by atoms with van der Waals surface area (Å²) in [6.45, 7) is -0.180. The third-order valence-electron chi connectivity index (χ3n) is 2.28. The molecule has 0 aliphatic rings. The van der Waals surface area contributed by atoms with Crippen molar-refractivity contribution >= 4 is 17.5 Å². The average Bonchev–Trinajstić information content (AvgIpc) is 2.92. The molecule has 0 saturated carbocycles. The Balaban J connectivity index is 1.95. The number of amides is 2. The van der Waals surface area contributed by atoms with E-state index in [0.717, 1.165) is 0 Å². The zero-order valence-corrected chi connectivity index (χ0v) is 9.96. The molecule has 2 amide bonds. The maximum Gasteiger partial charge on any atom is 0.258 e. The molecule has 0 aliphatic heterocycles. The molecule has 0 radical (unpaired) electrons. The van der Waals surface area contributed by atoms with E-state index in [-0.39, 0.29) is 12.5 Å². The van der Waals surface area contributed by atoms with Crippen LogP contribution < -0.4 is 15.8 Å². The van der Waals surface area contributed by atoms with Gasteiger partial charge in [0.25, 0.3) is 11.8 Å². The molecular formula is C13H12N2O4. The van der Waals surface area contributed by atoms with Crippen molar-refractivity contribution in [3.8, 4) is 5.75 Å². The summed E-state index contributed by atoms with van der Waals surface area (Å²) < 4.78 is 9.92. The van der Waals surface area contributed by atoms with Crippen molar-refractivity contribution < 1.29 is 18.7 Å². The zero-order chi connectivity index (χ0) is 13.7. The number of primary amides is 1. The van der Waals surface area contributed by atoms with Crippen LogP contribution >= 0.6 is 0 Å². The molecule has 0 atom stereocenters. The number of nitrogens with two attached hydrogens (primary N) is 1. The van der Waals surface area contributed by atoms with Gasteiger partial charge in [-0.25, -0.2) is 0 Å². The summed E-state index contributed by atoms with van der Waals surface area (Å²) in [6.07, 6.45) is 2.79. The molecule has 1 aromatic heterocycles. The Morgan fingerprint density at radius 3 is 2.53 bits per heavy atom. The van der Waals surface area contributed by atoms with Crippen molar-refractivity contribution in [1.82, 2.24) is 0 Å². The van der Waals surface area contributed by atoms with Crippen molar-refractivity contribution in [1.29, 1.82) is 0 Å².